The van der Waals surface area contributed by atoms with Crippen molar-refractivity contribution in [3.63, 3.8) is 0 Å². The minimum absolute atomic E-state index is 0.128. The van der Waals surface area contributed by atoms with Crippen LogP contribution in [0.25, 0.3) is 0 Å². The highest BCUT2D eigenvalue weighted by molar-refractivity contribution is 4.91. The first kappa shape index (κ1) is 6.62. The summed E-state index contributed by atoms with van der Waals surface area (Å²) in [6.07, 6.45) is 5.32. The highest BCUT2D eigenvalue weighted by Gasteiger charge is 2.52. The first-order chi connectivity index (χ1) is 4.87. The van der Waals surface area contributed by atoms with Crippen LogP contribution in [0, 0.1) is 5.92 Å². The fourth-order valence-corrected chi connectivity index (χ4v) is 1.96. The molecule has 1 heterocycles. The SMILES string of the molecule is COC1(C2CCCC2)CO1. The Morgan fingerprint density at radius 3 is 2.40 bits per heavy atom. The predicted molar refractivity (Wildman–Crippen MR) is 37.6 cm³/mol. The maximum Gasteiger partial charge on any atom is 0.194 e. The smallest absolute Gasteiger partial charge is 0.194 e. The maximum absolute atomic E-state index is 5.31. The maximum atomic E-state index is 5.31. The molecule has 0 radical (unpaired) electrons. The molecule has 0 spiro atoms. The molecule has 2 rings (SSSR count). The molecule has 1 unspecified atom stereocenters. The van der Waals surface area contributed by atoms with E-state index in [0.29, 0.717) is 5.92 Å². The van der Waals surface area contributed by atoms with E-state index < -0.39 is 0 Å². The van der Waals surface area contributed by atoms with E-state index >= 15 is 0 Å². The third-order valence-corrected chi connectivity index (χ3v) is 2.75. The first-order valence-electron chi connectivity index (χ1n) is 4.06. The third-order valence-electron chi connectivity index (χ3n) is 2.75. The minimum atomic E-state index is -0.128. The summed E-state index contributed by atoms with van der Waals surface area (Å²) in [5.74, 6) is 0.564. The molecular formula is C8H14O2. The van der Waals surface area contributed by atoms with E-state index in [-0.39, 0.29) is 5.79 Å². The van der Waals surface area contributed by atoms with Crippen molar-refractivity contribution in [2.45, 2.75) is 31.5 Å². The number of ether oxygens (including phenoxy) is 2. The summed E-state index contributed by atoms with van der Waals surface area (Å²) in [6, 6.07) is 0. The average Bonchev–Trinajstić information content (AvgIpc) is 2.58. The summed E-state index contributed by atoms with van der Waals surface area (Å²) in [7, 11) is 1.76. The van der Waals surface area contributed by atoms with Crippen molar-refractivity contribution in [3.8, 4) is 0 Å². The molecule has 2 aliphatic rings. The van der Waals surface area contributed by atoms with Gasteiger partial charge in [-0.2, -0.15) is 0 Å². The van der Waals surface area contributed by atoms with Crippen LogP contribution in [0.1, 0.15) is 25.7 Å². The van der Waals surface area contributed by atoms with Crippen LogP contribution < -0.4 is 0 Å². The molecule has 10 heavy (non-hydrogen) atoms. The number of hydrogen-bond donors (Lipinski definition) is 0. The quantitative estimate of drug-likeness (QED) is 0.545. The topological polar surface area (TPSA) is 21.8 Å². The van der Waals surface area contributed by atoms with Crippen LogP contribution in [0.15, 0.2) is 0 Å². The highest BCUT2D eigenvalue weighted by atomic mass is 16.8. The molecule has 2 heteroatoms. The Bertz CT molecular complexity index is 123. The van der Waals surface area contributed by atoms with Gasteiger partial charge >= 0.3 is 0 Å². The van der Waals surface area contributed by atoms with E-state index in [9.17, 15) is 0 Å². The van der Waals surface area contributed by atoms with Gasteiger partial charge in [-0.05, 0) is 12.8 Å². The van der Waals surface area contributed by atoms with Gasteiger partial charge in [0, 0.05) is 13.0 Å². The van der Waals surface area contributed by atoms with E-state index in [2.05, 4.69) is 0 Å². The number of hydrogen-bond acceptors (Lipinski definition) is 2. The molecule has 0 bridgehead atoms. The van der Waals surface area contributed by atoms with Gasteiger partial charge in [-0.3, -0.25) is 0 Å². The minimum Gasteiger partial charge on any atom is -0.351 e. The zero-order chi connectivity index (χ0) is 7.03. The molecule has 58 valence electrons. The van der Waals surface area contributed by atoms with Crippen LogP contribution >= 0.6 is 0 Å². The summed E-state index contributed by atoms with van der Waals surface area (Å²) < 4.78 is 10.6. The Morgan fingerprint density at radius 1 is 1.40 bits per heavy atom. The van der Waals surface area contributed by atoms with Gasteiger partial charge < -0.3 is 9.47 Å². The fraction of sp³-hybridized carbons (Fsp3) is 1.00. The molecular weight excluding hydrogens is 128 g/mol. The zero-order valence-corrected chi connectivity index (χ0v) is 6.43. The van der Waals surface area contributed by atoms with Gasteiger partial charge in [0.05, 0.1) is 0 Å². The monoisotopic (exact) mass is 142 g/mol. The van der Waals surface area contributed by atoms with Crippen LogP contribution in [0.5, 0.6) is 0 Å². The van der Waals surface area contributed by atoms with E-state index in [0.717, 1.165) is 6.61 Å². The number of epoxide rings is 1. The third kappa shape index (κ3) is 0.867. The summed E-state index contributed by atoms with van der Waals surface area (Å²) in [5, 5.41) is 0. The lowest BCUT2D eigenvalue weighted by Crippen LogP contribution is -2.23. The van der Waals surface area contributed by atoms with Gasteiger partial charge in [0.2, 0.25) is 0 Å². The lowest BCUT2D eigenvalue weighted by atomic mass is 10.0. The van der Waals surface area contributed by atoms with Gasteiger partial charge in [0.15, 0.2) is 5.79 Å². The molecule has 1 aliphatic heterocycles. The lowest BCUT2D eigenvalue weighted by molar-refractivity contribution is -0.0530. The van der Waals surface area contributed by atoms with Crippen LogP contribution in [-0.2, 0) is 9.47 Å². The van der Waals surface area contributed by atoms with E-state index in [1.165, 1.54) is 25.7 Å². The van der Waals surface area contributed by atoms with E-state index in [1.54, 1.807) is 7.11 Å². The Balaban J connectivity index is 1.96. The molecule has 0 aromatic heterocycles. The summed E-state index contributed by atoms with van der Waals surface area (Å²) in [5.41, 5.74) is 0. The van der Waals surface area contributed by atoms with Crippen LogP contribution in [0.3, 0.4) is 0 Å². The molecule has 2 fully saturated rings. The summed E-state index contributed by atoms with van der Waals surface area (Å²) in [4.78, 5) is 0. The van der Waals surface area contributed by atoms with E-state index in [4.69, 9.17) is 9.47 Å². The van der Waals surface area contributed by atoms with Crippen molar-refractivity contribution in [3.05, 3.63) is 0 Å². The molecule has 0 N–H and O–H groups in total. The van der Waals surface area contributed by atoms with Gasteiger partial charge in [-0.15, -0.1) is 0 Å². The molecule has 1 saturated carbocycles. The molecule has 0 aromatic carbocycles. The number of rotatable bonds is 2. The van der Waals surface area contributed by atoms with Crippen molar-refractivity contribution < 1.29 is 9.47 Å². The van der Waals surface area contributed by atoms with Gasteiger partial charge in [0.1, 0.15) is 6.61 Å². The van der Waals surface area contributed by atoms with Crippen LogP contribution in [-0.4, -0.2) is 19.5 Å². The normalized spacial score (nSPS) is 40.5. The fourth-order valence-electron chi connectivity index (χ4n) is 1.96. The van der Waals surface area contributed by atoms with Crippen LogP contribution in [0.2, 0.25) is 0 Å². The first-order valence-corrected chi connectivity index (χ1v) is 4.06. The summed E-state index contributed by atoms with van der Waals surface area (Å²) in [6.45, 7) is 0.828. The van der Waals surface area contributed by atoms with Crippen molar-refractivity contribution in [1.82, 2.24) is 0 Å². The van der Waals surface area contributed by atoms with Crippen LogP contribution in [0.4, 0.5) is 0 Å². The Morgan fingerprint density at radius 2 is 2.00 bits per heavy atom. The van der Waals surface area contributed by atoms with Gasteiger partial charge in [-0.1, -0.05) is 12.8 Å². The summed E-state index contributed by atoms with van der Waals surface area (Å²) >= 11 is 0. The molecule has 1 atom stereocenters. The molecule has 0 aromatic rings. The van der Waals surface area contributed by atoms with Gasteiger partial charge in [-0.25, -0.2) is 0 Å². The highest BCUT2D eigenvalue weighted by Crippen LogP contribution is 2.44. The van der Waals surface area contributed by atoms with Crippen molar-refractivity contribution in [2.75, 3.05) is 13.7 Å². The standard InChI is InChI=1S/C8H14O2/c1-9-8(6-10-8)7-4-2-3-5-7/h7H,2-6H2,1H3. The van der Waals surface area contributed by atoms with Crippen molar-refractivity contribution in [2.24, 2.45) is 5.92 Å². The van der Waals surface area contributed by atoms with Gasteiger partial charge in [0.25, 0.3) is 0 Å². The Labute approximate surface area is 61.5 Å². The second kappa shape index (κ2) is 2.21. The average molecular weight is 142 g/mol. The van der Waals surface area contributed by atoms with E-state index in [1.807, 2.05) is 0 Å². The van der Waals surface area contributed by atoms with Crippen molar-refractivity contribution in [1.29, 1.82) is 0 Å². The zero-order valence-electron chi connectivity index (χ0n) is 6.43. The number of methoxy groups -OCH3 is 1. The lowest BCUT2D eigenvalue weighted by Gasteiger charge is -2.16. The Kier molecular flexibility index (Phi) is 1.46. The molecule has 2 nitrogen and oxygen atoms in total. The second-order valence-corrected chi connectivity index (χ2v) is 3.29. The largest absolute Gasteiger partial charge is 0.351 e. The Hall–Kier alpha value is -0.0800. The molecule has 0 amide bonds. The van der Waals surface area contributed by atoms with Crippen molar-refractivity contribution >= 4 is 0 Å². The molecule has 1 aliphatic carbocycles. The molecule has 1 saturated heterocycles. The second-order valence-electron chi connectivity index (χ2n) is 3.29. The predicted octanol–water partition coefficient (Wildman–Crippen LogP) is 1.55.